The van der Waals surface area contributed by atoms with Gasteiger partial charge in [0.2, 0.25) is 5.91 Å². The van der Waals surface area contributed by atoms with Crippen LogP contribution in [0, 0.1) is 0 Å². The lowest BCUT2D eigenvalue weighted by molar-refractivity contribution is -0.133. The van der Waals surface area contributed by atoms with Gasteiger partial charge in [-0.25, -0.2) is 9.97 Å². The Hall–Kier alpha value is -2.26. The van der Waals surface area contributed by atoms with E-state index in [1.54, 1.807) is 12.1 Å². The highest BCUT2D eigenvalue weighted by Gasteiger charge is 2.35. The molecule has 0 radical (unpaired) electrons. The van der Waals surface area contributed by atoms with Gasteiger partial charge in [-0.1, -0.05) is 30.7 Å². The number of piperazine rings is 1. The molecule has 34 heavy (non-hydrogen) atoms. The molecule has 1 aromatic heterocycles. The SMILES string of the molecule is C[C@@H]1C[C@@H](O)c2ncnc(N3CCN(C(=O)[C@H](CNC(C)(C)CO)c4ccc(Cl)cc4)CC3)c21. The van der Waals surface area contributed by atoms with Crippen LogP contribution in [-0.4, -0.2) is 75.9 Å². The van der Waals surface area contributed by atoms with Gasteiger partial charge >= 0.3 is 0 Å². The molecular formula is C25H34ClN5O3. The predicted octanol–water partition coefficient (Wildman–Crippen LogP) is 2.46. The molecule has 0 saturated carbocycles. The van der Waals surface area contributed by atoms with E-state index in [0.717, 1.165) is 22.6 Å². The van der Waals surface area contributed by atoms with Gasteiger partial charge in [0.15, 0.2) is 0 Å². The minimum absolute atomic E-state index is 0.0242. The molecule has 1 aliphatic heterocycles. The summed E-state index contributed by atoms with van der Waals surface area (Å²) in [5, 5.41) is 23.9. The maximum atomic E-state index is 13.6. The lowest BCUT2D eigenvalue weighted by Gasteiger charge is -2.38. The molecule has 1 saturated heterocycles. The third-order valence-electron chi connectivity index (χ3n) is 6.92. The zero-order valence-corrected chi connectivity index (χ0v) is 20.8. The second-order valence-electron chi connectivity index (χ2n) is 9.99. The highest BCUT2D eigenvalue weighted by Crippen LogP contribution is 2.42. The Balaban J connectivity index is 1.48. The number of hydrogen-bond donors (Lipinski definition) is 3. The summed E-state index contributed by atoms with van der Waals surface area (Å²) in [6.07, 6.45) is 1.66. The zero-order valence-electron chi connectivity index (χ0n) is 20.0. The van der Waals surface area contributed by atoms with Gasteiger partial charge in [-0.05, 0) is 43.9 Å². The van der Waals surface area contributed by atoms with Crippen LogP contribution in [0.1, 0.15) is 62.0 Å². The largest absolute Gasteiger partial charge is 0.394 e. The molecule has 0 bridgehead atoms. The standard InChI is InChI=1S/C25H34ClN5O3/c1-16-12-20(33)22-21(16)23(28-15-27-22)30-8-10-31(11-9-30)24(34)19(13-29-25(2,3)14-32)17-4-6-18(26)7-5-17/h4-7,15-16,19-20,29,32-33H,8-14H2,1-3H3/t16-,19-,20-/m1/s1. The van der Waals surface area contributed by atoms with E-state index in [0.29, 0.717) is 44.2 Å². The van der Waals surface area contributed by atoms with Crippen molar-refractivity contribution in [2.24, 2.45) is 0 Å². The molecule has 4 rings (SSSR count). The van der Waals surface area contributed by atoms with Gasteiger partial charge < -0.3 is 25.3 Å². The number of carbonyl (C=O) groups excluding carboxylic acids is 1. The number of fused-ring (bicyclic) bond motifs is 1. The summed E-state index contributed by atoms with van der Waals surface area (Å²) < 4.78 is 0. The van der Waals surface area contributed by atoms with Gasteiger partial charge in [0.25, 0.3) is 0 Å². The van der Waals surface area contributed by atoms with E-state index in [2.05, 4.69) is 27.1 Å². The van der Waals surface area contributed by atoms with Crippen LogP contribution in [0.25, 0.3) is 0 Å². The second-order valence-corrected chi connectivity index (χ2v) is 10.4. The Morgan fingerprint density at radius 3 is 2.53 bits per heavy atom. The van der Waals surface area contributed by atoms with E-state index >= 15 is 0 Å². The van der Waals surface area contributed by atoms with E-state index in [9.17, 15) is 15.0 Å². The minimum Gasteiger partial charge on any atom is -0.394 e. The Bertz CT molecular complexity index is 1010. The van der Waals surface area contributed by atoms with Crippen molar-refractivity contribution in [3.05, 3.63) is 52.4 Å². The third kappa shape index (κ3) is 5.20. The second kappa shape index (κ2) is 10.2. The predicted molar refractivity (Wildman–Crippen MR) is 132 cm³/mol. The molecule has 2 heterocycles. The molecule has 1 amide bonds. The molecule has 0 spiro atoms. The van der Waals surface area contributed by atoms with Crippen molar-refractivity contribution in [2.45, 2.75) is 50.7 Å². The van der Waals surface area contributed by atoms with Crippen molar-refractivity contribution in [3.63, 3.8) is 0 Å². The van der Waals surface area contributed by atoms with Crippen molar-refractivity contribution in [3.8, 4) is 0 Å². The van der Waals surface area contributed by atoms with Crippen molar-refractivity contribution in [2.75, 3.05) is 44.2 Å². The highest BCUT2D eigenvalue weighted by atomic mass is 35.5. The normalized spacial score (nSPS) is 21.5. The topological polar surface area (TPSA) is 102 Å². The van der Waals surface area contributed by atoms with Crippen LogP contribution in [0.2, 0.25) is 5.02 Å². The Labute approximate surface area is 206 Å². The number of rotatable bonds is 7. The monoisotopic (exact) mass is 487 g/mol. The molecule has 2 aliphatic rings. The summed E-state index contributed by atoms with van der Waals surface area (Å²) in [5.41, 5.74) is 2.17. The number of aliphatic hydroxyl groups is 2. The first kappa shape index (κ1) is 24.9. The Kier molecular flexibility index (Phi) is 7.42. The molecule has 1 fully saturated rings. The quantitative estimate of drug-likeness (QED) is 0.551. The number of carbonyl (C=O) groups is 1. The van der Waals surface area contributed by atoms with Gasteiger partial charge in [0, 0.05) is 48.8 Å². The molecule has 3 atom stereocenters. The summed E-state index contributed by atoms with van der Waals surface area (Å²) in [6.45, 7) is 8.82. The molecule has 0 unspecified atom stereocenters. The van der Waals surface area contributed by atoms with Crippen LogP contribution in [0.15, 0.2) is 30.6 Å². The van der Waals surface area contributed by atoms with Crippen LogP contribution in [0.5, 0.6) is 0 Å². The van der Waals surface area contributed by atoms with Gasteiger partial charge in [-0.15, -0.1) is 0 Å². The first-order valence-electron chi connectivity index (χ1n) is 11.9. The first-order valence-corrected chi connectivity index (χ1v) is 12.3. The summed E-state index contributed by atoms with van der Waals surface area (Å²) in [5.74, 6) is 0.755. The molecule has 1 aromatic carbocycles. The summed E-state index contributed by atoms with van der Waals surface area (Å²) in [6, 6.07) is 7.40. The number of aliphatic hydroxyl groups excluding tert-OH is 2. The van der Waals surface area contributed by atoms with Crippen molar-refractivity contribution >= 4 is 23.3 Å². The van der Waals surface area contributed by atoms with Crippen molar-refractivity contribution in [1.29, 1.82) is 0 Å². The molecule has 1 aliphatic carbocycles. The fourth-order valence-electron chi connectivity index (χ4n) is 4.79. The van der Waals surface area contributed by atoms with Gasteiger partial charge in [0.1, 0.15) is 12.1 Å². The van der Waals surface area contributed by atoms with Gasteiger partial charge in [-0.2, -0.15) is 0 Å². The van der Waals surface area contributed by atoms with Crippen LogP contribution in [0.4, 0.5) is 5.82 Å². The molecule has 9 heteroatoms. The Morgan fingerprint density at radius 2 is 1.88 bits per heavy atom. The third-order valence-corrected chi connectivity index (χ3v) is 7.17. The zero-order chi connectivity index (χ0) is 24.5. The molecular weight excluding hydrogens is 454 g/mol. The lowest BCUT2D eigenvalue weighted by atomic mass is 9.95. The van der Waals surface area contributed by atoms with Gasteiger partial charge in [0.05, 0.1) is 24.3 Å². The maximum Gasteiger partial charge on any atom is 0.231 e. The summed E-state index contributed by atoms with van der Waals surface area (Å²) >= 11 is 6.07. The summed E-state index contributed by atoms with van der Waals surface area (Å²) in [7, 11) is 0. The number of halogens is 1. The molecule has 8 nitrogen and oxygen atoms in total. The summed E-state index contributed by atoms with van der Waals surface area (Å²) in [4.78, 5) is 26.6. The van der Waals surface area contributed by atoms with Gasteiger partial charge in [-0.3, -0.25) is 4.79 Å². The number of nitrogens with zero attached hydrogens (tertiary/aromatic N) is 4. The number of benzene rings is 1. The van der Waals surface area contributed by atoms with Crippen molar-refractivity contribution in [1.82, 2.24) is 20.2 Å². The van der Waals surface area contributed by atoms with E-state index in [4.69, 9.17) is 11.6 Å². The number of nitrogens with one attached hydrogen (secondary N) is 1. The van der Waals surface area contributed by atoms with E-state index in [1.807, 2.05) is 30.9 Å². The Morgan fingerprint density at radius 1 is 1.21 bits per heavy atom. The average molecular weight is 488 g/mol. The number of hydrogen-bond acceptors (Lipinski definition) is 7. The number of aromatic nitrogens is 2. The first-order chi connectivity index (χ1) is 16.2. The molecule has 3 N–H and O–H groups in total. The fraction of sp³-hybridized carbons (Fsp3) is 0.560. The average Bonchev–Trinajstić information content (AvgIpc) is 3.13. The van der Waals surface area contributed by atoms with E-state index < -0.39 is 11.6 Å². The highest BCUT2D eigenvalue weighted by molar-refractivity contribution is 6.30. The minimum atomic E-state index is -0.537. The van der Waals surface area contributed by atoms with E-state index in [1.165, 1.54) is 6.33 Å². The van der Waals surface area contributed by atoms with Crippen molar-refractivity contribution < 1.29 is 15.0 Å². The van der Waals surface area contributed by atoms with Crippen LogP contribution >= 0.6 is 11.6 Å². The van der Waals surface area contributed by atoms with Crippen LogP contribution in [0.3, 0.4) is 0 Å². The molecule has 184 valence electrons. The smallest absolute Gasteiger partial charge is 0.231 e. The lowest BCUT2D eigenvalue weighted by Crippen LogP contribution is -2.52. The fourth-order valence-corrected chi connectivity index (χ4v) is 4.92. The van der Waals surface area contributed by atoms with Crippen LogP contribution < -0.4 is 10.2 Å². The van der Waals surface area contributed by atoms with E-state index in [-0.39, 0.29) is 24.3 Å². The number of anilines is 1. The van der Waals surface area contributed by atoms with Crippen LogP contribution in [-0.2, 0) is 4.79 Å². The number of amides is 1. The molecule has 2 aromatic rings. The maximum absolute atomic E-state index is 13.6.